The van der Waals surface area contributed by atoms with Gasteiger partial charge in [0.1, 0.15) is 17.2 Å². The van der Waals surface area contributed by atoms with E-state index in [0.29, 0.717) is 23.7 Å². The van der Waals surface area contributed by atoms with Crippen LogP contribution in [-0.4, -0.2) is 34.9 Å². The molecule has 3 N–H and O–H groups in total. The van der Waals surface area contributed by atoms with Crippen LogP contribution in [0.5, 0.6) is 17.2 Å². The number of aryl methyl sites for hydroxylation is 1. The maximum atomic E-state index is 13.3. The molecule has 0 aromatic heterocycles. The first kappa shape index (κ1) is 45.9. The second-order valence-corrected chi connectivity index (χ2v) is 19.5. The Morgan fingerprint density at radius 2 is 0.893 bits per heavy atom. The van der Waals surface area contributed by atoms with Crippen molar-refractivity contribution in [3.63, 3.8) is 0 Å². The zero-order valence-corrected chi connectivity index (χ0v) is 36.8. The van der Waals surface area contributed by atoms with Crippen LogP contribution in [0, 0.1) is 0 Å². The third-order valence-corrected chi connectivity index (χ3v) is 10.7. The quantitative estimate of drug-likeness (QED) is 0.142. The van der Waals surface area contributed by atoms with Gasteiger partial charge >= 0.3 is 18.3 Å². The molecular weight excluding hydrogens is 703 g/mol. The van der Waals surface area contributed by atoms with Crippen LogP contribution in [0.1, 0.15) is 152 Å². The first-order valence-corrected chi connectivity index (χ1v) is 20.0. The van der Waals surface area contributed by atoms with Gasteiger partial charge in [-0.05, 0) is 155 Å². The Kier molecular flexibility index (Phi) is 14.5. The van der Waals surface area contributed by atoms with Gasteiger partial charge in [0.2, 0.25) is 0 Å². The van der Waals surface area contributed by atoms with Crippen LogP contribution in [0.2, 0.25) is 0 Å². The SMILES string of the molecule is CCC(C)(C)c1ccc(OC(=O)NC(C)(C)CC(C)(C)NC(=O)Oc2ccc(C(C)(C)CC)c(CCC(C)(C)c3ccc(OC(=O)NC(C)(C)C)cc3)c2)cc1. The van der Waals surface area contributed by atoms with Gasteiger partial charge in [-0.2, -0.15) is 0 Å². The number of amides is 3. The van der Waals surface area contributed by atoms with Crippen LogP contribution >= 0.6 is 0 Å². The van der Waals surface area contributed by atoms with Crippen LogP contribution in [0.25, 0.3) is 0 Å². The Morgan fingerprint density at radius 1 is 0.500 bits per heavy atom. The molecule has 9 heteroatoms. The van der Waals surface area contributed by atoms with E-state index in [4.69, 9.17) is 14.2 Å². The predicted molar refractivity (Wildman–Crippen MR) is 227 cm³/mol. The van der Waals surface area contributed by atoms with E-state index in [-0.39, 0.29) is 21.8 Å². The number of rotatable bonds is 15. The minimum atomic E-state index is -0.727. The molecule has 3 amide bonds. The topological polar surface area (TPSA) is 115 Å². The van der Waals surface area contributed by atoms with Gasteiger partial charge in [0.15, 0.2) is 0 Å². The molecule has 0 radical (unpaired) electrons. The third-order valence-electron chi connectivity index (χ3n) is 10.7. The smallest absolute Gasteiger partial charge is 0.410 e. The molecule has 0 heterocycles. The number of hydrogen-bond donors (Lipinski definition) is 3. The molecule has 0 fully saturated rings. The van der Waals surface area contributed by atoms with Crippen molar-refractivity contribution >= 4 is 18.3 Å². The highest BCUT2D eigenvalue weighted by molar-refractivity contribution is 5.73. The van der Waals surface area contributed by atoms with E-state index >= 15 is 0 Å². The molecule has 308 valence electrons. The Balaban J connectivity index is 1.66. The van der Waals surface area contributed by atoms with E-state index in [1.165, 1.54) is 11.1 Å². The van der Waals surface area contributed by atoms with Gasteiger partial charge in [0.25, 0.3) is 0 Å². The lowest BCUT2D eigenvalue weighted by molar-refractivity contribution is 0.168. The molecule has 3 aromatic rings. The molecule has 56 heavy (non-hydrogen) atoms. The maximum Gasteiger partial charge on any atom is 0.413 e. The number of ether oxygens (including phenoxy) is 3. The fourth-order valence-electron chi connectivity index (χ4n) is 6.88. The van der Waals surface area contributed by atoms with Crippen LogP contribution < -0.4 is 30.2 Å². The fourth-order valence-corrected chi connectivity index (χ4v) is 6.88. The average molecular weight is 772 g/mol. The molecule has 0 saturated heterocycles. The molecule has 0 atom stereocenters. The first-order valence-electron chi connectivity index (χ1n) is 20.0. The Morgan fingerprint density at radius 3 is 1.32 bits per heavy atom. The zero-order valence-electron chi connectivity index (χ0n) is 36.8. The molecule has 0 unspecified atom stereocenters. The van der Waals surface area contributed by atoms with Crippen molar-refractivity contribution in [1.82, 2.24) is 16.0 Å². The summed E-state index contributed by atoms with van der Waals surface area (Å²) in [5, 5.41) is 8.77. The van der Waals surface area contributed by atoms with Crippen molar-refractivity contribution < 1.29 is 28.6 Å². The van der Waals surface area contributed by atoms with Crippen molar-refractivity contribution in [1.29, 1.82) is 0 Å². The van der Waals surface area contributed by atoms with Gasteiger partial charge < -0.3 is 30.2 Å². The third kappa shape index (κ3) is 13.9. The lowest BCUT2D eigenvalue weighted by Gasteiger charge is -2.35. The van der Waals surface area contributed by atoms with Crippen molar-refractivity contribution in [3.8, 4) is 17.2 Å². The Hall–Kier alpha value is -4.53. The number of benzene rings is 3. The number of nitrogens with one attached hydrogen (secondary N) is 3. The molecule has 0 aliphatic rings. The van der Waals surface area contributed by atoms with E-state index in [0.717, 1.165) is 36.8 Å². The molecule has 0 spiro atoms. The maximum absolute atomic E-state index is 13.3. The summed E-state index contributed by atoms with van der Waals surface area (Å²) in [6.45, 7) is 30.9. The second-order valence-electron chi connectivity index (χ2n) is 19.5. The van der Waals surface area contributed by atoms with E-state index < -0.39 is 29.4 Å². The summed E-state index contributed by atoms with van der Waals surface area (Å²) in [6, 6.07) is 21.2. The average Bonchev–Trinajstić information content (AvgIpc) is 3.05. The summed E-state index contributed by atoms with van der Waals surface area (Å²) < 4.78 is 17.0. The van der Waals surface area contributed by atoms with Crippen LogP contribution in [0.4, 0.5) is 14.4 Å². The van der Waals surface area contributed by atoms with Crippen LogP contribution in [0.3, 0.4) is 0 Å². The van der Waals surface area contributed by atoms with Crippen LogP contribution in [-0.2, 0) is 22.7 Å². The van der Waals surface area contributed by atoms with E-state index in [1.807, 2.05) is 109 Å². The molecule has 3 rings (SSSR count). The van der Waals surface area contributed by atoms with Crippen molar-refractivity contribution in [3.05, 3.63) is 89.0 Å². The van der Waals surface area contributed by atoms with Gasteiger partial charge in [-0.3, -0.25) is 0 Å². The fraction of sp³-hybridized carbons (Fsp3) is 0.553. The highest BCUT2D eigenvalue weighted by atomic mass is 16.6. The highest BCUT2D eigenvalue weighted by Gasteiger charge is 2.33. The van der Waals surface area contributed by atoms with Gasteiger partial charge in [0, 0.05) is 16.6 Å². The minimum absolute atomic E-state index is 0.0396. The van der Waals surface area contributed by atoms with Crippen LogP contribution in [0.15, 0.2) is 66.7 Å². The Labute approximate surface area is 337 Å². The van der Waals surface area contributed by atoms with E-state index in [2.05, 4.69) is 77.4 Å². The molecule has 3 aromatic carbocycles. The summed E-state index contributed by atoms with van der Waals surface area (Å²) in [5.74, 6) is 1.42. The number of hydrogen-bond acceptors (Lipinski definition) is 6. The first-order chi connectivity index (χ1) is 25.7. The normalized spacial score (nSPS) is 12.8. The summed E-state index contributed by atoms with van der Waals surface area (Å²) in [6.07, 6.45) is 2.34. The lowest BCUT2D eigenvalue weighted by atomic mass is 9.75. The summed E-state index contributed by atoms with van der Waals surface area (Å²) in [7, 11) is 0. The number of carbonyl (C=O) groups excluding carboxylic acids is 3. The molecule has 0 aliphatic carbocycles. The largest absolute Gasteiger partial charge is 0.413 e. The predicted octanol–water partition coefficient (Wildman–Crippen LogP) is 11.7. The second kappa shape index (κ2) is 17.7. The summed E-state index contributed by atoms with van der Waals surface area (Å²) in [5.41, 5.74) is 2.60. The lowest BCUT2D eigenvalue weighted by Crippen LogP contribution is -2.54. The standard InChI is InChI=1S/C47H69N3O6/c1-16-43(6,7)33-18-22-36(23-19-33)55-40(52)49-46(12,13)31-47(14,15)50-41(53)56-37-26-27-38(44(8,9)17-2)32(30-37)28-29-45(10,11)34-20-24-35(25-21-34)54-39(51)48-42(3,4)5/h18-27,30H,16-17,28-29,31H2,1-15H3,(H,48,51)(H,49,52)(H,50,53). The minimum Gasteiger partial charge on any atom is -0.410 e. The van der Waals surface area contributed by atoms with Crippen molar-refractivity contribution in [2.75, 3.05) is 0 Å². The highest BCUT2D eigenvalue weighted by Crippen LogP contribution is 2.36. The molecule has 0 aliphatic heterocycles. The molecular formula is C47H69N3O6. The van der Waals surface area contributed by atoms with E-state index in [9.17, 15) is 14.4 Å². The van der Waals surface area contributed by atoms with Gasteiger partial charge in [0.05, 0.1) is 0 Å². The molecule has 0 bridgehead atoms. The zero-order chi connectivity index (χ0) is 42.3. The van der Waals surface area contributed by atoms with E-state index in [1.54, 1.807) is 0 Å². The monoisotopic (exact) mass is 772 g/mol. The summed E-state index contributed by atoms with van der Waals surface area (Å²) >= 11 is 0. The van der Waals surface area contributed by atoms with Crippen molar-refractivity contribution in [2.24, 2.45) is 0 Å². The van der Waals surface area contributed by atoms with Gasteiger partial charge in [-0.1, -0.05) is 85.7 Å². The molecule has 9 nitrogen and oxygen atoms in total. The van der Waals surface area contributed by atoms with Gasteiger partial charge in [-0.15, -0.1) is 0 Å². The Bertz CT molecular complexity index is 1800. The number of carbonyl (C=O) groups is 3. The summed E-state index contributed by atoms with van der Waals surface area (Å²) in [4.78, 5) is 38.5. The van der Waals surface area contributed by atoms with Crippen molar-refractivity contribution in [2.45, 2.75) is 169 Å². The van der Waals surface area contributed by atoms with Gasteiger partial charge in [-0.25, -0.2) is 14.4 Å². The molecule has 0 saturated carbocycles.